The van der Waals surface area contributed by atoms with Crippen molar-refractivity contribution < 1.29 is 13.9 Å². The largest absolute Gasteiger partial charge is 0.484 e. The van der Waals surface area contributed by atoms with Gasteiger partial charge in [0.2, 0.25) is 5.89 Å². The molecular weight excluding hydrogens is 308 g/mol. The van der Waals surface area contributed by atoms with E-state index in [2.05, 4.69) is 20.3 Å². The van der Waals surface area contributed by atoms with Crippen LogP contribution in [-0.4, -0.2) is 27.4 Å². The van der Waals surface area contributed by atoms with Crippen LogP contribution in [-0.2, 0) is 13.0 Å². The summed E-state index contributed by atoms with van der Waals surface area (Å²) in [5.41, 5.74) is 1.04. The zero-order valence-corrected chi connectivity index (χ0v) is 12.9. The normalized spacial score (nSPS) is 10.3. The summed E-state index contributed by atoms with van der Waals surface area (Å²) >= 11 is 0. The van der Waals surface area contributed by atoms with Crippen molar-refractivity contribution in [3.05, 3.63) is 72.5 Å². The van der Waals surface area contributed by atoms with E-state index in [4.69, 9.17) is 9.15 Å². The van der Waals surface area contributed by atoms with E-state index in [1.54, 1.807) is 18.6 Å². The van der Waals surface area contributed by atoms with Crippen LogP contribution in [0, 0.1) is 0 Å². The summed E-state index contributed by atoms with van der Waals surface area (Å²) in [5.74, 6) is 0.761. The van der Waals surface area contributed by atoms with Gasteiger partial charge in [0.25, 0.3) is 5.91 Å². The fourth-order valence-electron chi connectivity index (χ4n) is 2.00. The number of aromatic nitrogens is 3. The second-order valence-corrected chi connectivity index (χ2v) is 4.93. The number of oxazole rings is 1. The average molecular weight is 324 g/mol. The second kappa shape index (κ2) is 7.87. The maximum atomic E-state index is 12.0. The maximum absolute atomic E-state index is 12.0. The van der Waals surface area contributed by atoms with Gasteiger partial charge in [0, 0.05) is 31.6 Å². The Morgan fingerprint density at radius 1 is 1.21 bits per heavy atom. The molecule has 1 N–H and O–H groups in total. The Hall–Kier alpha value is -3.22. The van der Waals surface area contributed by atoms with Crippen molar-refractivity contribution in [1.82, 2.24) is 20.3 Å². The van der Waals surface area contributed by atoms with E-state index in [0.29, 0.717) is 24.6 Å². The summed E-state index contributed by atoms with van der Waals surface area (Å²) in [6, 6.07) is 9.33. The van der Waals surface area contributed by atoms with Gasteiger partial charge in [-0.05, 0) is 12.1 Å². The van der Waals surface area contributed by atoms with Crippen LogP contribution >= 0.6 is 0 Å². The van der Waals surface area contributed by atoms with Crippen molar-refractivity contribution >= 4 is 5.91 Å². The van der Waals surface area contributed by atoms with Gasteiger partial charge < -0.3 is 14.5 Å². The summed E-state index contributed by atoms with van der Waals surface area (Å²) < 4.78 is 10.8. The Labute approximate surface area is 138 Å². The van der Waals surface area contributed by atoms with Gasteiger partial charge in [-0.25, -0.2) is 4.98 Å². The molecule has 0 radical (unpaired) electrons. The standard InChI is InChI=1S/C17H16N4O3/c22-17(20-7-6-13-10-18-8-9-19-13)15-11-24-16(21-15)12-23-14-4-2-1-3-5-14/h1-5,8-11H,6-7,12H2,(H,20,22). The van der Waals surface area contributed by atoms with Crippen LogP contribution in [0.1, 0.15) is 22.1 Å². The molecule has 7 nitrogen and oxygen atoms in total. The van der Waals surface area contributed by atoms with Crippen LogP contribution < -0.4 is 10.1 Å². The number of para-hydroxylation sites is 1. The minimum atomic E-state index is -0.298. The van der Waals surface area contributed by atoms with E-state index in [9.17, 15) is 4.79 Å². The number of hydrogen-bond acceptors (Lipinski definition) is 6. The quantitative estimate of drug-likeness (QED) is 0.715. The van der Waals surface area contributed by atoms with Crippen LogP contribution in [0.15, 0.2) is 59.6 Å². The molecule has 0 aliphatic carbocycles. The monoisotopic (exact) mass is 324 g/mol. The van der Waals surface area contributed by atoms with E-state index in [0.717, 1.165) is 5.69 Å². The first kappa shape index (κ1) is 15.7. The third-order valence-corrected chi connectivity index (χ3v) is 3.17. The molecule has 2 aromatic heterocycles. The van der Waals surface area contributed by atoms with Gasteiger partial charge in [-0.2, -0.15) is 0 Å². The Balaban J connectivity index is 1.46. The van der Waals surface area contributed by atoms with Gasteiger partial charge in [-0.1, -0.05) is 18.2 Å². The number of amides is 1. The Kier molecular flexibility index (Phi) is 5.14. The molecule has 1 aromatic carbocycles. The number of ether oxygens (including phenoxy) is 1. The maximum Gasteiger partial charge on any atom is 0.273 e. The van der Waals surface area contributed by atoms with Gasteiger partial charge in [-0.3, -0.25) is 14.8 Å². The van der Waals surface area contributed by atoms with E-state index < -0.39 is 0 Å². The summed E-state index contributed by atoms with van der Waals surface area (Å²) in [6.45, 7) is 0.608. The topological polar surface area (TPSA) is 90.1 Å². The lowest BCUT2D eigenvalue weighted by Gasteiger charge is -2.02. The number of rotatable bonds is 7. The molecule has 7 heteroatoms. The van der Waals surface area contributed by atoms with Gasteiger partial charge in [0.1, 0.15) is 12.0 Å². The van der Waals surface area contributed by atoms with Crippen molar-refractivity contribution in [2.24, 2.45) is 0 Å². The summed E-state index contributed by atoms with van der Waals surface area (Å²) in [7, 11) is 0. The van der Waals surface area contributed by atoms with Crippen molar-refractivity contribution in [2.75, 3.05) is 6.54 Å². The van der Waals surface area contributed by atoms with Crippen molar-refractivity contribution in [1.29, 1.82) is 0 Å². The highest BCUT2D eigenvalue weighted by Crippen LogP contribution is 2.11. The second-order valence-electron chi connectivity index (χ2n) is 4.93. The lowest BCUT2D eigenvalue weighted by Crippen LogP contribution is -2.26. The van der Waals surface area contributed by atoms with E-state index in [1.807, 2.05) is 30.3 Å². The van der Waals surface area contributed by atoms with Crippen LogP contribution in [0.5, 0.6) is 5.75 Å². The van der Waals surface area contributed by atoms with Crippen molar-refractivity contribution in [2.45, 2.75) is 13.0 Å². The highest BCUT2D eigenvalue weighted by molar-refractivity contribution is 5.91. The van der Waals surface area contributed by atoms with Crippen LogP contribution in [0.2, 0.25) is 0 Å². The van der Waals surface area contributed by atoms with Crippen LogP contribution in [0.25, 0.3) is 0 Å². The molecular formula is C17H16N4O3. The molecule has 1 amide bonds. The average Bonchev–Trinajstić information content (AvgIpc) is 3.11. The van der Waals surface area contributed by atoms with Gasteiger partial charge in [0.15, 0.2) is 12.3 Å². The molecule has 0 saturated carbocycles. The Bertz CT molecular complexity index is 775. The smallest absolute Gasteiger partial charge is 0.273 e. The predicted octanol–water partition coefficient (Wildman–Crippen LogP) is 2.02. The molecule has 3 rings (SSSR count). The minimum absolute atomic E-state index is 0.164. The van der Waals surface area contributed by atoms with Crippen LogP contribution in [0.3, 0.4) is 0 Å². The molecule has 0 bridgehead atoms. The van der Waals surface area contributed by atoms with Gasteiger partial charge in [-0.15, -0.1) is 0 Å². The number of nitrogens with one attached hydrogen (secondary N) is 1. The minimum Gasteiger partial charge on any atom is -0.484 e. The number of carbonyl (C=O) groups excluding carboxylic acids is 1. The molecule has 0 saturated heterocycles. The summed E-state index contributed by atoms with van der Waals surface area (Å²) in [5, 5.41) is 2.76. The predicted molar refractivity (Wildman–Crippen MR) is 85.3 cm³/mol. The molecule has 24 heavy (non-hydrogen) atoms. The fourth-order valence-corrected chi connectivity index (χ4v) is 2.00. The first-order valence-electron chi connectivity index (χ1n) is 7.46. The number of nitrogens with zero attached hydrogens (tertiary/aromatic N) is 3. The van der Waals surface area contributed by atoms with E-state index in [1.165, 1.54) is 6.26 Å². The van der Waals surface area contributed by atoms with E-state index >= 15 is 0 Å². The Morgan fingerprint density at radius 3 is 2.88 bits per heavy atom. The highest BCUT2D eigenvalue weighted by atomic mass is 16.5. The third kappa shape index (κ3) is 4.39. The van der Waals surface area contributed by atoms with Crippen molar-refractivity contribution in [3.63, 3.8) is 0 Å². The molecule has 0 atom stereocenters. The van der Waals surface area contributed by atoms with E-state index in [-0.39, 0.29) is 18.2 Å². The third-order valence-electron chi connectivity index (χ3n) is 3.17. The SMILES string of the molecule is O=C(NCCc1cnccn1)c1coc(COc2ccccc2)n1. The molecule has 0 spiro atoms. The first-order valence-corrected chi connectivity index (χ1v) is 7.46. The summed E-state index contributed by atoms with van der Waals surface area (Å²) in [4.78, 5) is 24.2. The highest BCUT2D eigenvalue weighted by Gasteiger charge is 2.12. The first-order chi connectivity index (χ1) is 11.8. The Morgan fingerprint density at radius 2 is 2.08 bits per heavy atom. The van der Waals surface area contributed by atoms with Gasteiger partial charge in [0.05, 0.1) is 5.69 Å². The summed E-state index contributed by atoms with van der Waals surface area (Å²) in [6.07, 6.45) is 6.81. The molecule has 0 aliphatic heterocycles. The van der Waals surface area contributed by atoms with Crippen molar-refractivity contribution in [3.8, 4) is 5.75 Å². The lowest BCUT2D eigenvalue weighted by molar-refractivity contribution is 0.0949. The molecule has 0 unspecified atom stereocenters. The molecule has 3 aromatic rings. The molecule has 0 aliphatic rings. The zero-order chi connectivity index (χ0) is 16.6. The lowest BCUT2D eigenvalue weighted by atomic mass is 10.3. The fraction of sp³-hybridized carbons (Fsp3) is 0.176. The molecule has 0 fully saturated rings. The number of hydrogen-bond donors (Lipinski definition) is 1. The van der Waals surface area contributed by atoms with Gasteiger partial charge >= 0.3 is 0 Å². The molecule has 2 heterocycles. The number of carbonyl (C=O) groups is 1. The molecule has 122 valence electrons. The zero-order valence-electron chi connectivity index (χ0n) is 12.9. The van der Waals surface area contributed by atoms with Crippen LogP contribution in [0.4, 0.5) is 0 Å². The number of benzene rings is 1.